The van der Waals surface area contributed by atoms with E-state index in [2.05, 4.69) is 5.32 Å². The van der Waals surface area contributed by atoms with Crippen molar-refractivity contribution in [3.63, 3.8) is 0 Å². The predicted octanol–water partition coefficient (Wildman–Crippen LogP) is 2.27. The highest BCUT2D eigenvalue weighted by Crippen LogP contribution is 2.41. The van der Waals surface area contributed by atoms with Crippen LogP contribution >= 0.6 is 0 Å². The van der Waals surface area contributed by atoms with Crippen molar-refractivity contribution in [2.75, 3.05) is 0 Å². The third-order valence-electron chi connectivity index (χ3n) is 3.89. The monoisotopic (exact) mass is 282 g/mol. The minimum Gasteiger partial charge on any atom is -0.345 e. The molecule has 1 N–H and O–H groups in total. The summed E-state index contributed by atoms with van der Waals surface area (Å²) in [5, 5.41) is 3.10. The molecule has 1 fully saturated rings. The van der Waals surface area contributed by atoms with Crippen molar-refractivity contribution in [3.8, 4) is 0 Å². The number of amides is 1. The molecule has 21 heavy (non-hydrogen) atoms. The Morgan fingerprint density at radius 3 is 2.52 bits per heavy atom. The van der Waals surface area contributed by atoms with E-state index in [1.54, 1.807) is 19.3 Å². The number of rotatable bonds is 4. The van der Waals surface area contributed by atoms with E-state index in [4.69, 9.17) is 0 Å². The summed E-state index contributed by atoms with van der Waals surface area (Å²) in [7, 11) is 1.65. The van der Waals surface area contributed by atoms with Gasteiger partial charge in [-0.2, -0.15) is 0 Å². The average Bonchev–Trinajstić information content (AvgIpc) is 3.33. The van der Waals surface area contributed by atoms with Gasteiger partial charge in [0.05, 0.1) is 11.6 Å². The molecule has 1 amide bonds. The summed E-state index contributed by atoms with van der Waals surface area (Å²) >= 11 is 0. The zero-order valence-electron chi connectivity index (χ0n) is 12.0. The molecule has 1 saturated carbocycles. The molecule has 0 bridgehead atoms. The zero-order chi connectivity index (χ0) is 14.8. The van der Waals surface area contributed by atoms with E-state index in [0.29, 0.717) is 11.5 Å². The van der Waals surface area contributed by atoms with E-state index >= 15 is 0 Å². The van der Waals surface area contributed by atoms with Crippen molar-refractivity contribution in [1.82, 2.24) is 9.88 Å². The van der Waals surface area contributed by atoms with Crippen LogP contribution in [0, 0.1) is 5.92 Å². The first-order chi connectivity index (χ1) is 10.1. The molecule has 1 heterocycles. The lowest BCUT2D eigenvalue weighted by Gasteiger charge is -2.19. The number of carbonyl (C=O) groups is 1. The van der Waals surface area contributed by atoms with E-state index in [1.807, 2.05) is 30.3 Å². The van der Waals surface area contributed by atoms with Crippen LogP contribution in [-0.2, 0) is 7.05 Å². The fourth-order valence-corrected chi connectivity index (χ4v) is 2.52. The lowest BCUT2D eigenvalue weighted by atomic mass is 10.0. The molecule has 0 saturated heterocycles. The van der Waals surface area contributed by atoms with E-state index in [-0.39, 0.29) is 17.5 Å². The molecule has 1 aromatic heterocycles. The first-order valence-electron chi connectivity index (χ1n) is 7.17. The Kier molecular flexibility index (Phi) is 3.60. The van der Waals surface area contributed by atoms with Crippen LogP contribution in [0.5, 0.6) is 0 Å². The molecule has 0 unspecified atom stereocenters. The second-order valence-corrected chi connectivity index (χ2v) is 5.57. The van der Waals surface area contributed by atoms with Crippen LogP contribution in [0.2, 0.25) is 0 Å². The lowest BCUT2D eigenvalue weighted by Crippen LogP contribution is -2.31. The molecule has 0 aliphatic heterocycles. The third kappa shape index (κ3) is 3.05. The lowest BCUT2D eigenvalue weighted by molar-refractivity contribution is 0.0931. The van der Waals surface area contributed by atoms with Gasteiger partial charge >= 0.3 is 0 Å². The number of hydrogen-bond acceptors (Lipinski definition) is 2. The van der Waals surface area contributed by atoms with Gasteiger partial charge in [-0.25, -0.2) is 0 Å². The van der Waals surface area contributed by atoms with Crippen LogP contribution in [0.3, 0.4) is 0 Å². The molecular formula is C17H18N2O2. The van der Waals surface area contributed by atoms with Crippen molar-refractivity contribution in [2.24, 2.45) is 13.0 Å². The molecule has 0 radical (unpaired) electrons. The quantitative estimate of drug-likeness (QED) is 0.935. The molecule has 108 valence electrons. The Hall–Kier alpha value is -2.36. The van der Waals surface area contributed by atoms with Crippen molar-refractivity contribution in [2.45, 2.75) is 18.9 Å². The number of nitrogens with one attached hydrogen (secondary N) is 1. The molecule has 3 rings (SSSR count). The van der Waals surface area contributed by atoms with Crippen LogP contribution in [-0.4, -0.2) is 10.5 Å². The highest BCUT2D eigenvalue weighted by molar-refractivity contribution is 5.94. The number of aromatic nitrogens is 1. The predicted molar refractivity (Wildman–Crippen MR) is 81.1 cm³/mol. The number of pyridine rings is 1. The molecule has 2 aromatic rings. The smallest absolute Gasteiger partial charge is 0.253 e. The van der Waals surface area contributed by atoms with Crippen LogP contribution < -0.4 is 10.9 Å². The summed E-state index contributed by atoms with van der Waals surface area (Å²) in [4.78, 5) is 23.8. The molecule has 1 aromatic carbocycles. The highest BCUT2D eigenvalue weighted by atomic mass is 16.2. The van der Waals surface area contributed by atoms with Crippen LogP contribution in [0.25, 0.3) is 0 Å². The fourth-order valence-electron chi connectivity index (χ4n) is 2.52. The van der Waals surface area contributed by atoms with Gasteiger partial charge in [-0.15, -0.1) is 0 Å². The van der Waals surface area contributed by atoms with Gasteiger partial charge < -0.3 is 9.88 Å². The zero-order valence-corrected chi connectivity index (χ0v) is 12.0. The maximum atomic E-state index is 12.4. The van der Waals surface area contributed by atoms with Gasteiger partial charge in [0.1, 0.15) is 0 Å². The molecule has 1 aliphatic rings. The van der Waals surface area contributed by atoms with Crippen molar-refractivity contribution < 1.29 is 4.79 Å². The topological polar surface area (TPSA) is 51.1 Å². The second-order valence-electron chi connectivity index (χ2n) is 5.57. The van der Waals surface area contributed by atoms with Gasteiger partial charge in [0.25, 0.3) is 5.91 Å². The number of carbonyl (C=O) groups excluding carboxylic acids is 1. The first-order valence-corrected chi connectivity index (χ1v) is 7.17. The maximum absolute atomic E-state index is 12.4. The number of nitrogens with zero attached hydrogens (tertiary/aromatic N) is 1. The molecule has 1 aliphatic carbocycles. The van der Waals surface area contributed by atoms with E-state index in [1.165, 1.54) is 10.6 Å². The van der Waals surface area contributed by atoms with Gasteiger partial charge in [0.15, 0.2) is 0 Å². The van der Waals surface area contributed by atoms with Crippen LogP contribution in [0.4, 0.5) is 0 Å². The van der Waals surface area contributed by atoms with Crippen molar-refractivity contribution in [3.05, 3.63) is 70.1 Å². The summed E-state index contributed by atoms with van der Waals surface area (Å²) in [6.45, 7) is 0. The van der Waals surface area contributed by atoms with Gasteiger partial charge in [-0.1, -0.05) is 30.3 Å². The van der Waals surface area contributed by atoms with Gasteiger partial charge in [0.2, 0.25) is 5.56 Å². The molecular weight excluding hydrogens is 264 g/mol. The van der Waals surface area contributed by atoms with Gasteiger partial charge in [0, 0.05) is 19.3 Å². The van der Waals surface area contributed by atoms with Crippen LogP contribution in [0.1, 0.15) is 34.8 Å². The Balaban J connectivity index is 1.81. The normalized spacial score (nSPS) is 15.5. The first kappa shape index (κ1) is 13.6. The fraction of sp³-hybridized carbons (Fsp3) is 0.294. The number of aryl methyl sites for hydroxylation is 1. The largest absolute Gasteiger partial charge is 0.345 e. The van der Waals surface area contributed by atoms with Crippen LogP contribution in [0.15, 0.2) is 53.5 Å². The molecule has 4 heteroatoms. The Morgan fingerprint density at radius 2 is 1.90 bits per heavy atom. The summed E-state index contributed by atoms with van der Waals surface area (Å²) in [5.74, 6) is 0.384. The van der Waals surface area contributed by atoms with Crippen molar-refractivity contribution >= 4 is 5.91 Å². The standard InChI is InChI=1S/C17H18N2O2/c1-19-11-14(9-10-15(19)20)17(21)18-16(13-7-8-13)12-5-3-2-4-6-12/h2-6,9-11,13,16H,7-8H2,1H3,(H,18,21)/t16-/m1/s1. The molecule has 0 spiro atoms. The maximum Gasteiger partial charge on any atom is 0.253 e. The van der Waals surface area contributed by atoms with Crippen molar-refractivity contribution in [1.29, 1.82) is 0 Å². The van der Waals surface area contributed by atoms with E-state index < -0.39 is 0 Å². The van der Waals surface area contributed by atoms with E-state index in [0.717, 1.165) is 18.4 Å². The van der Waals surface area contributed by atoms with E-state index in [9.17, 15) is 9.59 Å². The summed E-state index contributed by atoms with van der Waals surface area (Å²) < 4.78 is 1.42. The minimum atomic E-state index is -0.133. The Labute approximate surface area is 123 Å². The Bertz CT molecular complexity index is 702. The second kappa shape index (κ2) is 5.56. The summed E-state index contributed by atoms with van der Waals surface area (Å²) in [5.41, 5.74) is 1.53. The Morgan fingerprint density at radius 1 is 1.19 bits per heavy atom. The molecule has 4 nitrogen and oxygen atoms in total. The average molecular weight is 282 g/mol. The minimum absolute atomic E-state index is 0.0518. The summed E-state index contributed by atoms with van der Waals surface area (Å²) in [6, 6.07) is 13.1. The van der Waals surface area contributed by atoms with Gasteiger partial charge in [-0.3, -0.25) is 9.59 Å². The highest BCUT2D eigenvalue weighted by Gasteiger charge is 2.33. The SMILES string of the molecule is Cn1cc(C(=O)N[C@H](c2ccccc2)C2CC2)ccc1=O. The van der Waals surface area contributed by atoms with Gasteiger partial charge in [-0.05, 0) is 30.4 Å². The number of benzene rings is 1. The number of hydrogen-bond donors (Lipinski definition) is 1. The third-order valence-corrected chi connectivity index (χ3v) is 3.89. The molecule has 1 atom stereocenters. The summed E-state index contributed by atoms with van der Waals surface area (Å²) in [6.07, 6.45) is 3.87.